The molecule has 0 saturated carbocycles. The van der Waals surface area contributed by atoms with Gasteiger partial charge in [-0.25, -0.2) is 8.42 Å². The van der Waals surface area contributed by atoms with Crippen LogP contribution in [-0.4, -0.2) is 38.8 Å². The fourth-order valence-corrected chi connectivity index (χ4v) is 2.54. The molecule has 1 rings (SSSR count). The minimum Gasteiger partial charge on any atom is -0.347 e. The molecule has 21 heavy (non-hydrogen) atoms. The molecular formula is C13H17BrN2O4S. The monoisotopic (exact) mass is 376 g/mol. The van der Waals surface area contributed by atoms with Crippen molar-refractivity contribution in [2.45, 2.75) is 13.3 Å². The average molecular weight is 377 g/mol. The standard InChI is InChI=1S/C13H17BrN2O4S/c1-9-7-10(14)3-4-11(9)16-13(18)8-15-12(17)5-6-21(2,19)20/h3-4,7H,5-6,8H2,1-2H3,(H,15,17)(H,16,18). The average Bonchev–Trinajstić information content (AvgIpc) is 2.36. The Morgan fingerprint density at radius 2 is 1.90 bits per heavy atom. The van der Waals surface area contributed by atoms with E-state index in [4.69, 9.17) is 0 Å². The minimum atomic E-state index is -3.18. The first-order chi connectivity index (χ1) is 9.67. The number of amides is 2. The van der Waals surface area contributed by atoms with E-state index in [-0.39, 0.29) is 24.6 Å². The van der Waals surface area contributed by atoms with E-state index < -0.39 is 15.7 Å². The Kier molecular flexibility index (Phi) is 6.35. The van der Waals surface area contributed by atoms with Gasteiger partial charge < -0.3 is 10.6 Å². The topological polar surface area (TPSA) is 92.3 Å². The van der Waals surface area contributed by atoms with Gasteiger partial charge in [-0.15, -0.1) is 0 Å². The highest BCUT2D eigenvalue weighted by atomic mass is 79.9. The minimum absolute atomic E-state index is 0.149. The van der Waals surface area contributed by atoms with Crippen LogP contribution in [0.2, 0.25) is 0 Å². The number of carbonyl (C=O) groups excluding carboxylic acids is 2. The van der Waals surface area contributed by atoms with Gasteiger partial charge in [0.05, 0.1) is 12.3 Å². The Morgan fingerprint density at radius 1 is 1.24 bits per heavy atom. The molecular weight excluding hydrogens is 360 g/mol. The zero-order valence-corrected chi connectivity index (χ0v) is 14.2. The van der Waals surface area contributed by atoms with Gasteiger partial charge >= 0.3 is 0 Å². The van der Waals surface area contributed by atoms with E-state index in [9.17, 15) is 18.0 Å². The van der Waals surface area contributed by atoms with Gasteiger partial charge in [-0.2, -0.15) is 0 Å². The van der Waals surface area contributed by atoms with Crippen molar-refractivity contribution >= 4 is 43.3 Å². The number of nitrogens with one attached hydrogen (secondary N) is 2. The van der Waals surface area contributed by atoms with Crippen molar-refractivity contribution in [3.8, 4) is 0 Å². The number of hydrogen-bond acceptors (Lipinski definition) is 4. The second-order valence-electron chi connectivity index (χ2n) is 4.66. The molecule has 2 N–H and O–H groups in total. The molecule has 6 nitrogen and oxygen atoms in total. The predicted octanol–water partition coefficient (Wildman–Crippen LogP) is 1.25. The molecule has 0 aliphatic carbocycles. The van der Waals surface area contributed by atoms with Gasteiger partial charge in [0.15, 0.2) is 0 Å². The van der Waals surface area contributed by atoms with Crippen LogP contribution in [0.4, 0.5) is 5.69 Å². The Morgan fingerprint density at radius 3 is 2.48 bits per heavy atom. The first-order valence-electron chi connectivity index (χ1n) is 6.18. The Balaban J connectivity index is 2.42. The molecule has 0 heterocycles. The summed E-state index contributed by atoms with van der Waals surface area (Å²) in [5.41, 5.74) is 1.55. The van der Waals surface area contributed by atoms with Crippen molar-refractivity contribution in [3.63, 3.8) is 0 Å². The van der Waals surface area contributed by atoms with Crippen LogP contribution in [0.15, 0.2) is 22.7 Å². The van der Waals surface area contributed by atoms with Crippen molar-refractivity contribution in [3.05, 3.63) is 28.2 Å². The molecule has 0 spiro atoms. The molecule has 1 aromatic carbocycles. The van der Waals surface area contributed by atoms with Gasteiger partial charge in [0.2, 0.25) is 11.8 Å². The number of hydrogen-bond donors (Lipinski definition) is 2. The number of benzene rings is 1. The van der Waals surface area contributed by atoms with Gasteiger partial charge in [0.25, 0.3) is 0 Å². The lowest BCUT2D eigenvalue weighted by Gasteiger charge is -2.09. The van der Waals surface area contributed by atoms with Crippen LogP contribution in [0.1, 0.15) is 12.0 Å². The molecule has 0 aliphatic heterocycles. The zero-order valence-electron chi connectivity index (χ0n) is 11.8. The zero-order chi connectivity index (χ0) is 16.0. The van der Waals surface area contributed by atoms with Gasteiger partial charge in [0, 0.05) is 22.8 Å². The normalized spacial score (nSPS) is 11.0. The van der Waals surface area contributed by atoms with E-state index in [1.807, 2.05) is 13.0 Å². The maximum absolute atomic E-state index is 11.7. The summed E-state index contributed by atoms with van der Waals surface area (Å²) in [6.07, 6.45) is 0.909. The molecule has 0 unspecified atom stereocenters. The molecule has 0 saturated heterocycles. The van der Waals surface area contributed by atoms with Crippen molar-refractivity contribution in [1.29, 1.82) is 0 Å². The number of aryl methyl sites for hydroxylation is 1. The molecule has 0 atom stereocenters. The molecule has 116 valence electrons. The van der Waals surface area contributed by atoms with Crippen LogP contribution in [0, 0.1) is 6.92 Å². The van der Waals surface area contributed by atoms with Crippen LogP contribution in [-0.2, 0) is 19.4 Å². The van der Waals surface area contributed by atoms with E-state index in [0.29, 0.717) is 5.69 Å². The molecule has 2 amide bonds. The molecule has 0 fully saturated rings. The summed E-state index contributed by atoms with van der Waals surface area (Å²) in [6, 6.07) is 5.41. The summed E-state index contributed by atoms with van der Waals surface area (Å²) in [6.45, 7) is 1.66. The lowest BCUT2D eigenvalue weighted by atomic mass is 10.2. The lowest BCUT2D eigenvalue weighted by Crippen LogP contribution is -2.33. The largest absolute Gasteiger partial charge is 0.347 e. The second kappa shape index (κ2) is 7.56. The summed E-state index contributed by atoms with van der Waals surface area (Å²) in [4.78, 5) is 23.1. The summed E-state index contributed by atoms with van der Waals surface area (Å²) in [5.74, 6) is -1.07. The maximum Gasteiger partial charge on any atom is 0.243 e. The molecule has 0 radical (unpaired) electrons. The first kappa shape index (κ1) is 17.6. The third-order valence-electron chi connectivity index (χ3n) is 2.61. The van der Waals surface area contributed by atoms with E-state index >= 15 is 0 Å². The highest BCUT2D eigenvalue weighted by molar-refractivity contribution is 9.10. The molecule has 1 aromatic rings. The SMILES string of the molecule is Cc1cc(Br)ccc1NC(=O)CNC(=O)CCS(C)(=O)=O. The van der Waals surface area contributed by atoms with E-state index in [2.05, 4.69) is 26.6 Å². The summed E-state index contributed by atoms with van der Waals surface area (Å²) in [5, 5.41) is 5.05. The molecule has 0 aromatic heterocycles. The van der Waals surface area contributed by atoms with Crippen molar-refractivity contribution < 1.29 is 18.0 Å². The van der Waals surface area contributed by atoms with Gasteiger partial charge in [-0.05, 0) is 30.7 Å². The number of halogens is 1. The fraction of sp³-hybridized carbons (Fsp3) is 0.385. The second-order valence-corrected chi connectivity index (χ2v) is 7.84. The molecule has 0 bridgehead atoms. The Hall–Kier alpha value is -1.41. The van der Waals surface area contributed by atoms with Crippen LogP contribution >= 0.6 is 15.9 Å². The molecule has 0 aliphatic rings. The summed E-state index contributed by atoms with van der Waals surface area (Å²) < 4.78 is 22.7. The van der Waals surface area contributed by atoms with E-state index in [1.54, 1.807) is 12.1 Å². The smallest absolute Gasteiger partial charge is 0.243 e. The van der Waals surface area contributed by atoms with Crippen molar-refractivity contribution in [1.82, 2.24) is 5.32 Å². The quantitative estimate of drug-likeness (QED) is 0.781. The van der Waals surface area contributed by atoms with Crippen LogP contribution in [0.5, 0.6) is 0 Å². The molecule has 8 heteroatoms. The first-order valence-corrected chi connectivity index (χ1v) is 9.03. The highest BCUT2D eigenvalue weighted by Gasteiger charge is 2.10. The highest BCUT2D eigenvalue weighted by Crippen LogP contribution is 2.19. The number of rotatable bonds is 6. The maximum atomic E-state index is 11.7. The van der Waals surface area contributed by atoms with Gasteiger partial charge in [-0.1, -0.05) is 15.9 Å². The van der Waals surface area contributed by atoms with E-state index in [0.717, 1.165) is 16.3 Å². The number of carbonyl (C=O) groups is 2. The predicted molar refractivity (Wildman–Crippen MR) is 84.8 cm³/mol. The van der Waals surface area contributed by atoms with Crippen LogP contribution in [0.3, 0.4) is 0 Å². The fourth-order valence-electron chi connectivity index (χ4n) is 1.51. The van der Waals surface area contributed by atoms with Crippen molar-refractivity contribution in [2.75, 3.05) is 23.9 Å². The Labute approximate surface area is 132 Å². The number of sulfone groups is 1. The third kappa shape index (κ3) is 7.24. The number of anilines is 1. The Bertz CT molecular complexity index is 644. The van der Waals surface area contributed by atoms with Gasteiger partial charge in [0.1, 0.15) is 9.84 Å². The van der Waals surface area contributed by atoms with Crippen molar-refractivity contribution in [2.24, 2.45) is 0 Å². The van der Waals surface area contributed by atoms with E-state index in [1.165, 1.54) is 0 Å². The van der Waals surface area contributed by atoms with Crippen LogP contribution < -0.4 is 10.6 Å². The third-order valence-corrected chi connectivity index (χ3v) is 4.05. The lowest BCUT2D eigenvalue weighted by molar-refractivity contribution is -0.123. The summed E-state index contributed by atoms with van der Waals surface area (Å²) >= 11 is 3.33. The van der Waals surface area contributed by atoms with Crippen LogP contribution in [0.25, 0.3) is 0 Å². The van der Waals surface area contributed by atoms with Gasteiger partial charge in [-0.3, -0.25) is 9.59 Å². The summed E-state index contributed by atoms with van der Waals surface area (Å²) in [7, 11) is -3.18.